The normalized spacial score (nSPS) is 16.2. The van der Waals surface area contributed by atoms with E-state index >= 15 is 0 Å². The lowest BCUT2D eigenvalue weighted by Gasteiger charge is -2.32. The summed E-state index contributed by atoms with van der Waals surface area (Å²) in [6.45, 7) is 4.61. The molecular formula is C23H24FN5O2. The predicted molar refractivity (Wildman–Crippen MR) is 114 cm³/mol. The fourth-order valence-corrected chi connectivity index (χ4v) is 3.85. The topological polar surface area (TPSA) is 80.1 Å². The van der Waals surface area contributed by atoms with Gasteiger partial charge in [-0.05, 0) is 63.1 Å². The van der Waals surface area contributed by atoms with Gasteiger partial charge in [0.2, 0.25) is 5.91 Å². The highest BCUT2D eigenvalue weighted by Crippen LogP contribution is 2.22. The van der Waals surface area contributed by atoms with Crippen LogP contribution >= 0.6 is 0 Å². The molecule has 0 bridgehead atoms. The molecule has 1 unspecified atom stereocenters. The molecule has 8 heteroatoms. The molecule has 1 aliphatic heterocycles. The highest BCUT2D eigenvalue weighted by atomic mass is 19.1. The van der Waals surface area contributed by atoms with Gasteiger partial charge in [-0.15, -0.1) is 0 Å². The number of pyridine rings is 1. The molecular weight excluding hydrogens is 397 g/mol. The van der Waals surface area contributed by atoms with Crippen LogP contribution in [0.25, 0.3) is 5.69 Å². The first-order valence-electron chi connectivity index (χ1n) is 10.3. The van der Waals surface area contributed by atoms with Gasteiger partial charge in [0.05, 0.1) is 29.1 Å². The van der Waals surface area contributed by atoms with Crippen LogP contribution in [0.3, 0.4) is 0 Å². The van der Waals surface area contributed by atoms with E-state index in [1.165, 1.54) is 18.3 Å². The van der Waals surface area contributed by atoms with Gasteiger partial charge in [0.15, 0.2) is 0 Å². The number of hydrogen-bond donors (Lipinski definition) is 1. The zero-order valence-corrected chi connectivity index (χ0v) is 17.5. The van der Waals surface area contributed by atoms with Gasteiger partial charge in [0, 0.05) is 18.8 Å². The summed E-state index contributed by atoms with van der Waals surface area (Å²) in [5, 5.41) is 7.17. The van der Waals surface area contributed by atoms with Crippen LogP contribution in [0.15, 0.2) is 48.7 Å². The second kappa shape index (κ2) is 8.67. The number of piperidine rings is 1. The number of carbonyl (C=O) groups is 2. The van der Waals surface area contributed by atoms with Crippen molar-refractivity contribution in [3.05, 3.63) is 71.4 Å². The standard InChI is InChI=1S/C23H24FN5O2/c1-15-5-3-7-21(26-15)27-22(30)17-6-4-12-28(14-17)23(31)20-13-25-29(16(20)2)19-10-8-18(24)9-11-19/h3,5,7-11,13,17H,4,6,12,14H2,1-2H3,(H,26,27,30). The lowest BCUT2D eigenvalue weighted by molar-refractivity contribution is -0.121. The maximum Gasteiger partial charge on any atom is 0.257 e. The molecule has 1 aromatic carbocycles. The Balaban J connectivity index is 1.46. The van der Waals surface area contributed by atoms with Crippen LogP contribution in [-0.2, 0) is 4.79 Å². The Morgan fingerprint density at radius 1 is 1.13 bits per heavy atom. The minimum atomic E-state index is -0.330. The van der Waals surface area contributed by atoms with Crippen LogP contribution in [0.5, 0.6) is 0 Å². The fraction of sp³-hybridized carbons (Fsp3) is 0.304. The van der Waals surface area contributed by atoms with E-state index in [-0.39, 0.29) is 23.5 Å². The van der Waals surface area contributed by atoms with E-state index in [2.05, 4.69) is 15.4 Å². The van der Waals surface area contributed by atoms with Crippen molar-refractivity contribution in [2.45, 2.75) is 26.7 Å². The van der Waals surface area contributed by atoms with Crippen molar-refractivity contribution in [1.29, 1.82) is 0 Å². The lowest BCUT2D eigenvalue weighted by Crippen LogP contribution is -2.44. The minimum absolute atomic E-state index is 0.130. The molecule has 1 aliphatic rings. The number of halogens is 1. The quantitative estimate of drug-likeness (QED) is 0.699. The number of benzene rings is 1. The van der Waals surface area contributed by atoms with Crippen molar-refractivity contribution in [2.24, 2.45) is 5.92 Å². The summed E-state index contributed by atoms with van der Waals surface area (Å²) in [4.78, 5) is 31.9. The van der Waals surface area contributed by atoms with E-state index in [1.807, 2.05) is 19.1 Å². The number of nitrogens with one attached hydrogen (secondary N) is 1. The van der Waals surface area contributed by atoms with Crippen LogP contribution in [0.2, 0.25) is 0 Å². The van der Waals surface area contributed by atoms with Crippen LogP contribution in [0.1, 0.15) is 34.6 Å². The zero-order valence-electron chi connectivity index (χ0n) is 17.5. The van der Waals surface area contributed by atoms with Crippen LogP contribution < -0.4 is 5.32 Å². The average Bonchev–Trinajstić information content (AvgIpc) is 3.15. The SMILES string of the molecule is Cc1cccc(NC(=O)C2CCCN(C(=O)c3cnn(-c4ccc(F)cc4)c3C)C2)n1. The molecule has 1 fully saturated rings. The molecule has 160 valence electrons. The molecule has 0 saturated carbocycles. The number of aryl methyl sites for hydroxylation is 1. The maximum absolute atomic E-state index is 13.2. The molecule has 1 atom stereocenters. The van der Waals surface area contributed by atoms with Gasteiger partial charge in [0.1, 0.15) is 11.6 Å². The van der Waals surface area contributed by atoms with E-state index in [4.69, 9.17) is 0 Å². The Morgan fingerprint density at radius 2 is 1.90 bits per heavy atom. The van der Waals surface area contributed by atoms with E-state index < -0.39 is 0 Å². The Kier molecular flexibility index (Phi) is 5.79. The maximum atomic E-state index is 13.2. The summed E-state index contributed by atoms with van der Waals surface area (Å²) < 4.78 is 14.8. The summed E-state index contributed by atoms with van der Waals surface area (Å²) in [5.74, 6) is -0.396. The third-order valence-corrected chi connectivity index (χ3v) is 5.53. The second-order valence-corrected chi connectivity index (χ2v) is 7.78. The smallest absolute Gasteiger partial charge is 0.257 e. The van der Waals surface area contributed by atoms with E-state index in [0.717, 1.165) is 18.5 Å². The van der Waals surface area contributed by atoms with Crippen molar-refractivity contribution >= 4 is 17.6 Å². The number of likely N-dealkylation sites (tertiary alicyclic amines) is 1. The highest BCUT2D eigenvalue weighted by molar-refractivity contribution is 5.96. The Bertz CT molecular complexity index is 1110. The Hall–Kier alpha value is -3.55. The lowest BCUT2D eigenvalue weighted by atomic mass is 9.96. The molecule has 0 spiro atoms. The van der Waals surface area contributed by atoms with Gasteiger partial charge in [0.25, 0.3) is 5.91 Å². The number of rotatable bonds is 4. The summed E-state index contributed by atoms with van der Waals surface area (Å²) in [6, 6.07) is 11.4. The second-order valence-electron chi connectivity index (χ2n) is 7.78. The van der Waals surface area contributed by atoms with E-state index in [9.17, 15) is 14.0 Å². The Morgan fingerprint density at radius 3 is 2.65 bits per heavy atom. The van der Waals surface area contributed by atoms with Gasteiger partial charge in [-0.2, -0.15) is 5.10 Å². The van der Waals surface area contributed by atoms with Gasteiger partial charge in [-0.25, -0.2) is 14.1 Å². The van der Waals surface area contributed by atoms with Crippen molar-refractivity contribution in [3.8, 4) is 5.69 Å². The summed E-state index contributed by atoms with van der Waals surface area (Å²) >= 11 is 0. The van der Waals surface area contributed by atoms with E-state index in [0.29, 0.717) is 35.9 Å². The zero-order chi connectivity index (χ0) is 22.0. The molecule has 0 radical (unpaired) electrons. The molecule has 0 aliphatic carbocycles. The highest BCUT2D eigenvalue weighted by Gasteiger charge is 2.30. The molecule has 7 nitrogen and oxygen atoms in total. The predicted octanol–water partition coefficient (Wildman–Crippen LogP) is 3.51. The van der Waals surface area contributed by atoms with Gasteiger partial charge < -0.3 is 10.2 Å². The van der Waals surface area contributed by atoms with E-state index in [1.54, 1.807) is 34.7 Å². The number of nitrogens with zero attached hydrogens (tertiary/aromatic N) is 4. The first-order chi connectivity index (χ1) is 14.9. The fourth-order valence-electron chi connectivity index (χ4n) is 3.85. The number of amides is 2. The summed E-state index contributed by atoms with van der Waals surface area (Å²) in [7, 11) is 0. The van der Waals surface area contributed by atoms with Crippen molar-refractivity contribution in [3.63, 3.8) is 0 Å². The average molecular weight is 421 g/mol. The summed E-state index contributed by atoms with van der Waals surface area (Å²) in [5.41, 5.74) is 2.66. The molecule has 2 amide bonds. The van der Waals surface area contributed by atoms with Gasteiger partial charge in [-0.3, -0.25) is 9.59 Å². The number of aromatic nitrogens is 3. The third-order valence-electron chi connectivity index (χ3n) is 5.53. The first kappa shape index (κ1) is 20.7. The van der Waals surface area contributed by atoms with Gasteiger partial charge >= 0.3 is 0 Å². The first-order valence-corrected chi connectivity index (χ1v) is 10.3. The monoisotopic (exact) mass is 421 g/mol. The molecule has 3 heterocycles. The van der Waals surface area contributed by atoms with Crippen LogP contribution in [-0.4, -0.2) is 44.6 Å². The molecule has 2 aromatic heterocycles. The molecule has 3 aromatic rings. The molecule has 1 saturated heterocycles. The molecule has 4 rings (SSSR count). The summed E-state index contributed by atoms with van der Waals surface area (Å²) in [6.07, 6.45) is 2.99. The van der Waals surface area contributed by atoms with Crippen LogP contribution in [0.4, 0.5) is 10.2 Å². The number of carbonyl (C=O) groups excluding carboxylic acids is 2. The van der Waals surface area contributed by atoms with Crippen molar-refractivity contribution in [2.75, 3.05) is 18.4 Å². The third kappa shape index (κ3) is 4.47. The van der Waals surface area contributed by atoms with Crippen molar-refractivity contribution in [1.82, 2.24) is 19.7 Å². The van der Waals surface area contributed by atoms with Crippen molar-refractivity contribution < 1.29 is 14.0 Å². The Labute approximate surface area is 179 Å². The number of hydrogen-bond acceptors (Lipinski definition) is 4. The minimum Gasteiger partial charge on any atom is -0.338 e. The van der Waals surface area contributed by atoms with Gasteiger partial charge in [-0.1, -0.05) is 6.07 Å². The molecule has 1 N–H and O–H groups in total. The van der Waals surface area contributed by atoms with Crippen LogP contribution in [0, 0.1) is 25.6 Å². The number of anilines is 1. The largest absolute Gasteiger partial charge is 0.338 e. The molecule has 31 heavy (non-hydrogen) atoms.